The molecule has 2 aliphatic rings. The summed E-state index contributed by atoms with van der Waals surface area (Å²) in [5, 5.41) is 3.36. The van der Waals surface area contributed by atoms with E-state index < -0.39 is 0 Å². The predicted molar refractivity (Wildman–Crippen MR) is 45.9 cm³/mol. The highest BCUT2D eigenvalue weighted by Gasteiger charge is 2.29. The van der Waals surface area contributed by atoms with Crippen molar-refractivity contribution in [3.8, 4) is 0 Å². The van der Waals surface area contributed by atoms with Gasteiger partial charge in [0, 0.05) is 13.2 Å². The number of ether oxygens (including phenoxy) is 2. The lowest BCUT2D eigenvalue weighted by Gasteiger charge is -2.31. The van der Waals surface area contributed by atoms with Crippen LogP contribution in [0.4, 0.5) is 0 Å². The van der Waals surface area contributed by atoms with Crippen LogP contribution in [0, 0.1) is 5.92 Å². The molecule has 2 saturated heterocycles. The van der Waals surface area contributed by atoms with Crippen molar-refractivity contribution in [2.24, 2.45) is 5.92 Å². The van der Waals surface area contributed by atoms with Gasteiger partial charge >= 0.3 is 0 Å². The summed E-state index contributed by atoms with van der Waals surface area (Å²) in [6.45, 7) is 5.03. The van der Waals surface area contributed by atoms with Gasteiger partial charge in [0.05, 0.1) is 12.7 Å². The average Bonchev–Trinajstić information content (AvgIpc) is 2.58. The first-order valence-electron chi connectivity index (χ1n) is 4.83. The van der Waals surface area contributed by atoms with Crippen LogP contribution in [0.3, 0.4) is 0 Å². The zero-order valence-electron chi connectivity index (χ0n) is 7.58. The van der Waals surface area contributed by atoms with Gasteiger partial charge in [0.15, 0.2) is 0 Å². The Morgan fingerprint density at radius 3 is 2.83 bits per heavy atom. The van der Waals surface area contributed by atoms with Crippen molar-refractivity contribution in [1.29, 1.82) is 0 Å². The largest absolute Gasteiger partial charge is 0.374 e. The molecule has 0 saturated carbocycles. The molecule has 0 spiro atoms. The molecule has 3 nitrogen and oxygen atoms in total. The SMILES string of the molecule is CC1CNC(C2CCCO2)OC1. The Bertz CT molecular complexity index is 137. The van der Waals surface area contributed by atoms with Crippen molar-refractivity contribution in [2.45, 2.75) is 32.1 Å². The molecule has 3 unspecified atom stereocenters. The van der Waals surface area contributed by atoms with Crippen molar-refractivity contribution >= 4 is 0 Å². The second-order valence-electron chi connectivity index (χ2n) is 3.82. The minimum absolute atomic E-state index is 0.156. The van der Waals surface area contributed by atoms with Gasteiger partial charge in [-0.25, -0.2) is 0 Å². The van der Waals surface area contributed by atoms with E-state index in [1.807, 2.05) is 0 Å². The summed E-state index contributed by atoms with van der Waals surface area (Å²) in [6, 6.07) is 0. The summed E-state index contributed by atoms with van der Waals surface area (Å²) in [4.78, 5) is 0. The Labute approximate surface area is 73.4 Å². The quantitative estimate of drug-likeness (QED) is 0.631. The molecule has 0 aromatic heterocycles. The van der Waals surface area contributed by atoms with Crippen molar-refractivity contribution in [2.75, 3.05) is 19.8 Å². The maximum atomic E-state index is 5.64. The van der Waals surface area contributed by atoms with Crippen molar-refractivity contribution in [3.05, 3.63) is 0 Å². The van der Waals surface area contributed by atoms with E-state index in [-0.39, 0.29) is 6.23 Å². The Balaban J connectivity index is 1.80. The molecule has 1 N–H and O–H groups in total. The minimum Gasteiger partial charge on any atom is -0.374 e. The molecule has 12 heavy (non-hydrogen) atoms. The van der Waals surface area contributed by atoms with E-state index in [9.17, 15) is 0 Å². The first-order valence-corrected chi connectivity index (χ1v) is 4.83. The monoisotopic (exact) mass is 171 g/mol. The van der Waals surface area contributed by atoms with Crippen LogP contribution in [0.1, 0.15) is 19.8 Å². The summed E-state index contributed by atoms with van der Waals surface area (Å²) in [5.74, 6) is 0.641. The third kappa shape index (κ3) is 1.79. The van der Waals surface area contributed by atoms with Crippen LogP contribution in [-0.2, 0) is 9.47 Å². The lowest BCUT2D eigenvalue weighted by molar-refractivity contribution is -0.0961. The van der Waals surface area contributed by atoms with Crippen LogP contribution < -0.4 is 5.32 Å². The van der Waals surface area contributed by atoms with Gasteiger partial charge in [0.25, 0.3) is 0 Å². The molecule has 0 aliphatic carbocycles. The van der Waals surface area contributed by atoms with E-state index in [4.69, 9.17) is 9.47 Å². The number of rotatable bonds is 1. The molecule has 2 heterocycles. The Kier molecular flexibility index (Phi) is 2.63. The first-order chi connectivity index (χ1) is 5.86. The summed E-state index contributed by atoms with van der Waals surface area (Å²) >= 11 is 0. The summed E-state index contributed by atoms with van der Waals surface area (Å²) < 4.78 is 11.2. The maximum Gasteiger partial charge on any atom is 0.134 e. The lowest BCUT2D eigenvalue weighted by atomic mass is 10.1. The van der Waals surface area contributed by atoms with Crippen molar-refractivity contribution in [1.82, 2.24) is 5.32 Å². The fraction of sp³-hybridized carbons (Fsp3) is 1.00. The van der Waals surface area contributed by atoms with Gasteiger partial charge in [0.2, 0.25) is 0 Å². The van der Waals surface area contributed by atoms with Gasteiger partial charge in [-0.05, 0) is 18.8 Å². The molecule has 3 heteroatoms. The third-order valence-corrected chi connectivity index (χ3v) is 2.53. The fourth-order valence-corrected chi connectivity index (χ4v) is 1.78. The van der Waals surface area contributed by atoms with E-state index in [0.29, 0.717) is 12.0 Å². The van der Waals surface area contributed by atoms with Gasteiger partial charge in [0.1, 0.15) is 6.23 Å². The molecule has 70 valence electrons. The molecular weight excluding hydrogens is 154 g/mol. The van der Waals surface area contributed by atoms with Gasteiger partial charge in [-0.1, -0.05) is 6.92 Å². The standard InChI is InChI=1S/C9H17NO2/c1-7-5-10-9(12-6-7)8-3-2-4-11-8/h7-10H,2-6H2,1H3. The van der Waals surface area contributed by atoms with Gasteiger partial charge in [-0.15, -0.1) is 0 Å². The fourth-order valence-electron chi connectivity index (χ4n) is 1.78. The Morgan fingerprint density at radius 1 is 1.33 bits per heavy atom. The van der Waals surface area contributed by atoms with Gasteiger partial charge < -0.3 is 9.47 Å². The molecule has 0 amide bonds. The summed E-state index contributed by atoms with van der Waals surface area (Å²) in [7, 11) is 0. The summed E-state index contributed by atoms with van der Waals surface area (Å²) in [6.07, 6.45) is 2.79. The molecule has 0 bridgehead atoms. The predicted octanol–water partition coefficient (Wildman–Crippen LogP) is 0.747. The van der Waals surface area contributed by atoms with Gasteiger partial charge in [-0.3, -0.25) is 5.32 Å². The highest BCUT2D eigenvalue weighted by molar-refractivity contribution is 4.77. The minimum atomic E-state index is 0.156. The highest BCUT2D eigenvalue weighted by Crippen LogP contribution is 2.19. The topological polar surface area (TPSA) is 30.5 Å². The van der Waals surface area contributed by atoms with E-state index in [2.05, 4.69) is 12.2 Å². The second-order valence-corrected chi connectivity index (χ2v) is 3.82. The average molecular weight is 171 g/mol. The van der Waals surface area contributed by atoms with Crippen LogP contribution in [0.15, 0.2) is 0 Å². The molecule has 0 aromatic carbocycles. The molecule has 2 aliphatic heterocycles. The van der Waals surface area contributed by atoms with Crippen LogP contribution in [0.25, 0.3) is 0 Å². The van der Waals surface area contributed by atoms with Crippen LogP contribution in [0.5, 0.6) is 0 Å². The third-order valence-electron chi connectivity index (χ3n) is 2.53. The van der Waals surface area contributed by atoms with E-state index in [1.54, 1.807) is 0 Å². The number of nitrogens with one attached hydrogen (secondary N) is 1. The van der Waals surface area contributed by atoms with Crippen LogP contribution in [-0.4, -0.2) is 32.1 Å². The van der Waals surface area contributed by atoms with Crippen molar-refractivity contribution < 1.29 is 9.47 Å². The first kappa shape index (κ1) is 8.48. The van der Waals surface area contributed by atoms with Gasteiger partial charge in [-0.2, -0.15) is 0 Å². The molecule has 0 aromatic rings. The van der Waals surface area contributed by atoms with Crippen LogP contribution >= 0.6 is 0 Å². The Morgan fingerprint density at radius 2 is 2.25 bits per heavy atom. The normalized spacial score (nSPS) is 43.2. The number of hydrogen-bond acceptors (Lipinski definition) is 3. The maximum absolute atomic E-state index is 5.64. The van der Waals surface area contributed by atoms with Crippen LogP contribution in [0.2, 0.25) is 0 Å². The molecule has 3 atom stereocenters. The summed E-state index contributed by atoms with van der Waals surface area (Å²) in [5.41, 5.74) is 0. The van der Waals surface area contributed by atoms with E-state index in [0.717, 1.165) is 26.2 Å². The molecular formula is C9H17NO2. The Hall–Kier alpha value is -0.120. The highest BCUT2D eigenvalue weighted by atomic mass is 16.6. The van der Waals surface area contributed by atoms with Crippen molar-refractivity contribution in [3.63, 3.8) is 0 Å². The number of hydrogen-bond donors (Lipinski definition) is 1. The van der Waals surface area contributed by atoms with E-state index in [1.165, 1.54) is 6.42 Å². The zero-order chi connectivity index (χ0) is 8.39. The zero-order valence-corrected chi connectivity index (χ0v) is 7.58. The molecule has 2 rings (SSSR count). The lowest BCUT2D eigenvalue weighted by Crippen LogP contribution is -2.48. The van der Waals surface area contributed by atoms with E-state index >= 15 is 0 Å². The molecule has 0 radical (unpaired) electrons. The second kappa shape index (κ2) is 3.73. The molecule has 2 fully saturated rings. The smallest absolute Gasteiger partial charge is 0.134 e.